The third-order valence-electron chi connectivity index (χ3n) is 6.56. The zero-order chi connectivity index (χ0) is 22.9. The molecule has 3 aromatic heterocycles. The van der Waals surface area contributed by atoms with Gasteiger partial charge in [0.05, 0.1) is 28.0 Å². The molecule has 8 nitrogen and oxygen atoms in total. The van der Waals surface area contributed by atoms with Gasteiger partial charge in [0, 0.05) is 43.9 Å². The van der Waals surface area contributed by atoms with Crippen LogP contribution in [0.15, 0.2) is 18.3 Å². The predicted octanol–water partition coefficient (Wildman–Crippen LogP) is 4.21. The van der Waals surface area contributed by atoms with E-state index in [9.17, 15) is 4.79 Å². The lowest BCUT2D eigenvalue weighted by Gasteiger charge is -2.32. The molecule has 5 rings (SSSR count). The Hall–Kier alpha value is -2.78. The number of hydrogen-bond donors (Lipinski definition) is 2. The number of anilines is 2. The molecule has 0 spiro atoms. The van der Waals surface area contributed by atoms with Gasteiger partial charge in [0.1, 0.15) is 5.82 Å². The van der Waals surface area contributed by atoms with Gasteiger partial charge < -0.3 is 15.5 Å². The Bertz CT molecular complexity index is 1140. The molecule has 0 saturated carbocycles. The van der Waals surface area contributed by atoms with Gasteiger partial charge in [-0.15, -0.1) is 0 Å². The van der Waals surface area contributed by atoms with E-state index >= 15 is 0 Å². The number of carbonyl (C=O) groups is 1. The topological polar surface area (TPSA) is 88.0 Å². The van der Waals surface area contributed by atoms with Crippen LogP contribution in [0.5, 0.6) is 0 Å². The van der Waals surface area contributed by atoms with E-state index in [1.165, 1.54) is 18.2 Å². The number of rotatable bonds is 6. The Labute approximate surface area is 198 Å². The number of thiazole rings is 1. The number of piperidine rings is 1. The smallest absolute Gasteiger partial charge is 0.223 e. The maximum Gasteiger partial charge on any atom is 0.223 e. The van der Waals surface area contributed by atoms with Crippen LogP contribution >= 0.6 is 11.3 Å². The molecule has 3 aromatic rings. The Morgan fingerprint density at radius 3 is 2.70 bits per heavy atom. The monoisotopic (exact) mass is 465 g/mol. The van der Waals surface area contributed by atoms with Crippen LogP contribution in [0.1, 0.15) is 50.9 Å². The van der Waals surface area contributed by atoms with Crippen molar-refractivity contribution in [2.75, 3.05) is 36.8 Å². The van der Waals surface area contributed by atoms with Gasteiger partial charge in [0.2, 0.25) is 5.91 Å². The third-order valence-corrected chi connectivity index (χ3v) is 7.58. The summed E-state index contributed by atoms with van der Waals surface area (Å²) < 4.78 is 2.27. The summed E-state index contributed by atoms with van der Waals surface area (Å²) in [5, 5.41) is 12.0. The standard InChI is InChI=1S/C24H31N7OS/c1-4-25-20-9-6-16(14-26-20)21-18-7-8-19-23(33-24(28-19)27-15(3)32)22(18)31(29-21)17-10-12-30(5-2)13-11-17/h6,9,14,17H,4-5,7-8,10-13H2,1-3H3,(H,25,26)(H,27,28,32). The van der Waals surface area contributed by atoms with Gasteiger partial charge in [-0.05, 0) is 51.3 Å². The molecule has 2 N–H and O–H groups in total. The molecule has 1 aliphatic carbocycles. The van der Waals surface area contributed by atoms with Crippen LogP contribution in [0, 0.1) is 0 Å². The van der Waals surface area contributed by atoms with E-state index < -0.39 is 0 Å². The third kappa shape index (κ3) is 4.27. The van der Waals surface area contributed by atoms with Crippen molar-refractivity contribution in [2.24, 2.45) is 0 Å². The summed E-state index contributed by atoms with van der Waals surface area (Å²) in [5.41, 5.74) is 5.60. The van der Waals surface area contributed by atoms with Crippen molar-refractivity contribution in [3.63, 3.8) is 0 Å². The molecule has 0 atom stereocenters. The number of carbonyl (C=O) groups excluding carboxylic acids is 1. The van der Waals surface area contributed by atoms with Crippen LogP contribution < -0.4 is 10.6 Å². The number of aryl methyl sites for hydroxylation is 1. The maximum absolute atomic E-state index is 11.6. The molecule has 1 amide bonds. The number of nitrogens with zero attached hydrogens (tertiary/aromatic N) is 5. The van der Waals surface area contributed by atoms with Crippen molar-refractivity contribution in [3.05, 3.63) is 29.6 Å². The molecule has 33 heavy (non-hydrogen) atoms. The van der Waals surface area contributed by atoms with Crippen molar-refractivity contribution < 1.29 is 4.79 Å². The summed E-state index contributed by atoms with van der Waals surface area (Å²) in [7, 11) is 0. The van der Waals surface area contributed by atoms with E-state index in [0.29, 0.717) is 11.2 Å². The second kappa shape index (κ2) is 9.23. The molecule has 1 saturated heterocycles. The SMILES string of the molecule is CCNc1ccc(-c2nn(C3CCN(CC)CC3)c3c2CCc2nc(NC(C)=O)sc2-3)cn1. The lowest BCUT2D eigenvalue weighted by Crippen LogP contribution is -2.34. The maximum atomic E-state index is 11.6. The number of nitrogens with one attached hydrogen (secondary N) is 2. The first-order chi connectivity index (χ1) is 16.1. The largest absolute Gasteiger partial charge is 0.370 e. The summed E-state index contributed by atoms with van der Waals surface area (Å²) in [6, 6.07) is 4.50. The molecule has 2 aliphatic rings. The minimum Gasteiger partial charge on any atom is -0.370 e. The Morgan fingerprint density at radius 2 is 2.03 bits per heavy atom. The fourth-order valence-corrected chi connectivity index (χ4v) is 6.02. The van der Waals surface area contributed by atoms with Crippen molar-refractivity contribution in [3.8, 4) is 21.8 Å². The van der Waals surface area contributed by atoms with E-state index in [0.717, 1.165) is 79.5 Å². The lowest BCUT2D eigenvalue weighted by molar-refractivity contribution is -0.114. The van der Waals surface area contributed by atoms with Crippen LogP contribution in [0.3, 0.4) is 0 Å². The van der Waals surface area contributed by atoms with Crippen LogP contribution in [-0.4, -0.2) is 56.7 Å². The number of pyridine rings is 1. The highest BCUT2D eigenvalue weighted by molar-refractivity contribution is 7.19. The van der Waals surface area contributed by atoms with Gasteiger partial charge in [-0.3, -0.25) is 9.48 Å². The molecule has 174 valence electrons. The quantitative estimate of drug-likeness (QED) is 0.567. The average molecular weight is 466 g/mol. The molecule has 0 unspecified atom stereocenters. The van der Waals surface area contributed by atoms with E-state index in [4.69, 9.17) is 10.1 Å². The minimum atomic E-state index is -0.0886. The van der Waals surface area contributed by atoms with Crippen LogP contribution in [0.4, 0.5) is 10.9 Å². The normalized spacial score (nSPS) is 16.3. The summed E-state index contributed by atoms with van der Waals surface area (Å²) in [6.07, 6.45) is 5.85. The molecule has 0 radical (unpaired) electrons. The van der Waals surface area contributed by atoms with Crippen molar-refractivity contribution >= 4 is 28.2 Å². The highest BCUT2D eigenvalue weighted by atomic mass is 32.1. The van der Waals surface area contributed by atoms with Gasteiger partial charge in [0.25, 0.3) is 0 Å². The second-order valence-corrected chi connectivity index (χ2v) is 9.72. The molecule has 0 bridgehead atoms. The van der Waals surface area contributed by atoms with E-state index in [-0.39, 0.29) is 5.91 Å². The van der Waals surface area contributed by atoms with Gasteiger partial charge in [-0.1, -0.05) is 18.3 Å². The van der Waals surface area contributed by atoms with Crippen LogP contribution in [0.2, 0.25) is 0 Å². The molecule has 0 aromatic carbocycles. The number of aromatic nitrogens is 4. The van der Waals surface area contributed by atoms with Gasteiger partial charge in [0.15, 0.2) is 5.13 Å². The second-order valence-electron chi connectivity index (χ2n) is 8.72. The summed E-state index contributed by atoms with van der Waals surface area (Å²) >= 11 is 1.57. The predicted molar refractivity (Wildman–Crippen MR) is 133 cm³/mol. The number of likely N-dealkylation sites (tertiary alicyclic amines) is 1. The minimum absolute atomic E-state index is 0.0886. The van der Waals surface area contributed by atoms with Gasteiger partial charge in [-0.2, -0.15) is 5.10 Å². The first kappa shape index (κ1) is 22.0. The zero-order valence-electron chi connectivity index (χ0n) is 19.5. The lowest BCUT2D eigenvalue weighted by atomic mass is 9.95. The average Bonchev–Trinajstić information content (AvgIpc) is 3.40. The van der Waals surface area contributed by atoms with Gasteiger partial charge >= 0.3 is 0 Å². The van der Waals surface area contributed by atoms with Crippen molar-refractivity contribution in [1.82, 2.24) is 24.6 Å². The fourth-order valence-electron chi connectivity index (χ4n) is 4.90. The molecule has 1 aliphatic heterocycles. The first-order valence-electron chi connectivity index (χ1n) is 11.9. The summed E-state index contributed by atoms with van der Waals surface area (Å²) in [5.74, 6) is 0.792. The van der Waals surface area contributed by atoms with Crippen molar-refractivity contribution in [1.29, 1.82) is 0 Å². The Morgan fingerprint density at radius 1 is 1.21 bits per heavy atom. The molecule has 9 heteroatoms. The highest BCUT2D eigenvalue weighted by Gasteiger charge is 2.32. The number of amides is 1. The highest BCUT2D eigenvalue weighted by Crippen LogP contribution is 2.45. The number of fused-ring (bicyclic) bond motifs is 3. The van der Waals surface area contributed by atoms with Crippen LogP contribution in [0.25, 0.3) is 21.8 Å². The summed E-state index contributed by atoms with van der Waals surface area (Å²) in [4.78, 5) is 24.6. The van der Waals surface area contributed by atoms with E-state index in [2.05, 4.69) is 45.1 Å². The Balaban J connectivity index is 1.58. The van der Waals surface area contributed by atoms with Gasteiger partial charge in [-0.25, -0.2) is 9.97 Å². The Kier molecular flexibility index (Phi) is 6.16. The summed E-state index contributed by atoms with van der Waals surface area (Å²) in [6.45, 7) is 9.95. The molecular formula is C24H31N7OS. The fraction of sp³-hybridized carbons (Fsp3) is 0.500. The molecular weight excluding hydrogens is 434 g/mol. The van der Waals surface area contributed by atoms with Crippen molar-refractivity contribution in [2.45, 2.75) is 52.5 Å². The van der Waals surface area contributed by atoms with E-state index in [1.807, 2.05) is 12.3 Å². The number of hydrogen-bond acceptors (Lipinski definition) is 7. The molecule has 1 fully saturated rings. The van der Waals surface area contributed by atoms with Crippen LogP contribution in [-0.2, 0) is 17.6 Å². The first-order valence-corrected chi connectivity index (χ1v) is 12.7. The zero-order valence-corrected chi connectivity index (χ0v) is 20.3. The molecule has 4 heterocycles. The van der Waals surface area contributed by atoms with E-state index in [1.54, 1.807) is 11.3 Å².